The van der Waals surface area contributed by atoms with Crippen LogP contribution in [0.2, 0.25) is 0 Å². The van der Waals surface area contributed by atoms with Crippen LogP contribution in [-0.4, -0.2) is 16.7 Å². The van der Waals surface area contributed by atoms with Crippen molar-refractivity contribution in [3.05, 3.63) is 30.3 Å². The minimum Gasteiger partial charge on any atom is -0.374 e. The van der Waals surface area contributed by atoms with E-state index in [1.807, 2.05) is 0 Å². The van der Waals surface area contributed by atoms with Gasteiger partial charge in [0, 0.05) is 4.90 Å². The highest BCUT2D eigenvalue weighted by Gasteiger charge is 2.38. The highest BCUT2D eigenvalue weighted by Crippen LogP contribution is 2.32. The van der Waals surface area contributed by atoms with Gasteiger partial charge in [-0.3, -0.25) is 0 Å². The Balaban J connectivity index is 2.61. The Bertz CT molecular complexity index is 260. The fourth-order valence-corrected chi connectivity index (χ4v) is 1.40. The molecule has 1 unspecified atom stereocenters. The second-order valence-corrected chi connectivity index (χ2v) is 3.48. The van der Waals surface area contributed by atoms with E-state index in [4.69, 9.17) is 5.11 Å². The van der Waals surface area contributed by atoms with E-state index in [1.165, 1.54) is 12.1 Å². The molecule has 1 aromatic carbocycles. The number of hydrogen-bond donors (Lipinski definition) is 1. The van der Waals surface area contributed by atoms with E-state index in [-0.39, 0.29) is 0 Å². The van der Waals surface area contributed by atoms with Gasteiger partial charge in [-0.2, -0.15) is 13.2 Å². The number of aliphatic hydroxyl groups excluding tert-OH is 1. The van der Waals surface area contributed by atoms with Crippen LogP contribution in [0.3, 0.4) is 0 Å². The van der Waals surface area contributed by atoms with Gasteiger partial charge in [0.25, 0.3) is 0 Å². The summed E-state index contributed by atoms with van der Waals surface area (Å²) in [5.41, 5.74) is -2.35. The topological polar surface area (TPSA) is 20.2 Å². The van der Waals surface area contributed by atoms with Crippen molar-refractivity contribution in [1.29, 1.82) is 0 Å². The van der Waals surface area contributed by atoms with Crippen LogP contribution in [0, 0.1) is 0 Å². The molecule has 72 valence electrons. The molecule has 1 rings (SSSR count). The predicted molar refractivity (Wildman–Crippen MR) is 44.4 cm³/mol. The van der Waals surface area contributed by atoms with Crippen molar-refractivity contribution in [3.63, 3.8) is 0 Å². The molecule has 0 aliphatic rings. The summed E-state index contributed by atoms with van der Waals surface area (Å²) in [6.07, 6.45) is -4.57. The van der Waals surface area contributed by atoms with Gasteiger partial charge in [-0.15, -0.1) is 0 Å². The lowest BCUT2D eigenvalue weighted by atomic mass is 10.4. The molecular formula is C8H7F3OS. The molecule has 1 aromatic rings. The minimum absolute atomic E-state index is 0.381. The third-order valence-corrected chi connectivity index (χ3v) is 2.31. The molecule has 0 saturated heterocycles. The molecule has 0 aliphatic heterocycles. The molecule has 0 aromatic heterocycles. The number of hydrogen-bond acceptors (Lipinski definition) is 2. The Kier molecular flexibility index (Phi) is 3.22. The Morgan fingerprint density at radius 3 is 2.15 bits per heavy atom. The lowest BCUT2D eigenvalue weighted by molar-refractivity contribution is -0.173. The maximum absolute atomic E-state index is 11.9. The number of aliphatic hydroxyl groups is 1. The van der Waals surface area contributed by atoms with Crippen LogP contribution in [0.5, 0.6) is 0 Å². The van der Waals surface area contributed by atoms with Crippen molar-refractivity contribution in [2.45, 2.75) is 16.5 Å². The lowest BCUT2D eigenvalue weighted by Gasteiger charge is -2.13. The third kappa shape index (κ3) is 3.28. The van der Waals surface area contributed by atoms with E-state index >= 15 is 0 Å². The van der Waals surface area contributed by atoms with Crippen molar-refractivity contribution in [2.75, 3.05) is 0 Å². The summed E-state index contributed by atoms with van der Waals surface area (Å²) >= 11 is 0.381. The van der Waals surface area contributed by atoms with Crippen LogP contribution >= 0.6 is 11.8 Å². The molecule has 0 radical (unpaired) electrons. The molecule has 5 heteroatoms. The van der Waals surface area contributed by atoms with Gasteiger partial charge < -0.3 is 5.11 Å². The Morgan fingerprint density at radius 1 is 1.15 bits per heavy atom. The predicted octanol–water partition coefficient (Wildman–Crippen LogP) is 2.66. The Labute approximate surface area is 77.6 Å². The number of thioether (sulfide) groups is 1. The summed E-state index contributed by atoms with van der Waals surface area (Å²) in [4.78, 5) is 0.396. The lowest BCUT2D eigenvalue weighted by Crippen LogP contribution is -2.24. The standard InChI is InChI=1S/C8H7F3OS/c9-8(10,11)7(12)13-6-4-2-1-3-5-6/h1-5,7,12H. The minimum atomic E-state index is -4.57. The van der Waals surface area contributed by atoms with E-state index in [2.05, 4.69) is 0 Å². The van der Waals surface area contributed by atoms with Gasteiger partial charge in [-0.05, 0) is 12.1 Å². The largest absolute Gasteiger partial charge is 0.424 e. The van der Waals surface area contributed by atoms with E-state index in [0.29, 0.717) is 16.7 Å². The van der Waals surface area contributed by atoms with Crippen LogP contribution in [0.1, 0.15) is 0 Å². The van der Waals surface area contributed by atoms with E-state index in [1.54, 1.807) is 18.2 Å². The maximum Gasteiger partial charge on any atom is 0.424 e. The van der Waals surface area contributed by atoms with Crippen molar-refractivity contribution in [2.24, 2.45) is 0 Å². The van der Waals surface area contributed by atoms with E-state index in [0.717, 1.165) is 0 Å². The summed E-state index contributed by atoms with van der Waals surface area (Å²) in [6.45, 7) is 0. The monoisotopic (exact) mass is 208 g/mol. The maximum atomic E-state index is 11.9. The molecule has 0 heterocycles. The molecule has 1 atom stereocenters. The molecule has 0 amide bonds. The summed E-state index contributed by atoms with van der Waals surface area (Å²) < 4.78 is 35.6. The van der Waals surface area contributed by atoms with Crippen LogP contribution in [0.25, 0.3) is 0 Å². The molecule has 0 spiro atoms. The first kappa shape index (κ1) is 10.4. The molecular weight excluding hydrogens is 201 g/mol. The van der Waals surface area contributed by atoms with Gasteiger partial charge in [0.05, 0.1) is 0 Å². The Hall–Kier alpha value is -0.680. The SMILES string of the molecule is OC(Sc1ccccc1)C(F)(F)F. The Morgan fingerprint density at radius 2 is 1.69 bits per heavy atom. The normalized spacial score (nSPS) is 14.2. The van der Waals surface area contributed by atoms with Crippen molar-refractivity contribution in [1.82, 2.24) is 0 Å². The van der Waals surface area contributed by atoms with Gasteiger partial charge in [0.1, 0.15) is 0 Å². The van der Waals surface area contributed by atoms with E-state index in [9.17, 15) is 13.2 Å². The molecule has 13 heavy (non-hydrogen) atoms. The van der Waals surface area contributed by atoms with Gasteiger partial charge in [0.15, 0.2) is 0 Å². The first-order valence-corrected chi connectivity index (χ1v) is 4.34. The third-order valence-electron chi connectivity index (χ3n) is 1.27. The number of rotatable bonds is 2. The van der Waals surface area contributed by atoms with Gasteiger partial charge in [-0.25, -0.2) is 0 Å². The van der Waals surface area contributed by atoms with Crippen molar-refractivity contribution >= 4 is 11.8 Å². The van der Waals surface area contributed by atoms with Crippen LogP contribution < -0.4 is 0 Å². The highest BCUT2D eigenvalue weighted by atomic mass is 32.2. The second-order valence-electron chi connectivity index (χ2n) is 2.32. The van der Waals surface area contributed by atoms with Crippen LogP contribution in [0.4, 0.5) is 13.2 Å². The average Bonchev–Trinajstić information content (AvgIpc) is 2.04. The first-order valence-electron chi connectivity index (χ1n) is 3.46. The summed E-state index contributed by atoms with van der Waals surface area (Å²) in [6, 6.07) is 7.96. The van der Waals surface area contributed by atoms with Crippen LogP contribution in [0.15, 0.2) is 35.2 Å². The molecule has 1 N–H and O–H groups in total. The average molecular weight is 208 g/mol. The fourth-order valence-electron chi connectivity index (χ4n) is 0.695. The zero-order chi connectivity index (χ0) is 9.90. The summed E-state index contributed by atoms with van der Waals surface area (Å²) in [5, 5.41) is 8.68. The second kappa shape index (κ2) is 4.02. The van der Waals surface area contributed by atoms with Crippen LogP contribution in [-0.2, 0) is 0 Å². The van der Waals surface area contributed by atoms with Gasteiger partial charge in [-0.1, -0.05) is 30.0 Å². The number of benzene rings is 1. The zero-order valence-corrected chi connectivity index (χ0v) is 7.27. The molecule has 0 bridgehead atoms. The molecule has 1 nitrogen and oxygen atoms in total. The van der Waals surface area contributed by atoms with Gasteiger partial charge >= 0.3 is 6.18 Å². The van der Waals surface area contributed by atoms with Crippen molar-refractivity contribution in [3.8, 4) is 0 Å². The number of halogens is 3. The molecule has 0 fully saturated rings. The quantitative estimate of drug-likeness (QED) is 0.595. The fraction of sp³-hybridized carbons (Fsp3) is 0.250. The smallest absolute Gasteiger partial charge is 0.374 e. The zero-order valence-electron chi connectivity index (χ0n) is 6.45. The van der Waals surface area contributed by atoms with Gasteiger partial charge in [0.2, 0.25) is 5.44 Å². The molecule has 0 saturated carbocycles. The van der Waals surface area contributed by atoms with E-state index < -0.39 is 11.6 Å². The first-order chi connectivity index (χ1) is 6.00. The number of alkyl halides is 3. The van der Waals surface area contributed by atoms with Crippen molar-refractivity contribution < 1.29 is 18.3 Å². The molecule has 0 aliphatic carbocycles. The summed E-state index contributed by atoms with van der Waals surface area (Å²) in [7, 11) is 0. The highest BCUT2D eigenvalue weighted by molar-refractivity contribution is 7.99. The summed E-state index contributed by atoms with van der Waals surface area (Å²) in [5.74, 6) is 0.